The van der Waals surface area contributed by atoms with Crippen LogP contribution >= 0.6 is 0 Å². The number of anilines is 1. The fourth-order valence-corrected chi connectivity index (χ4v) is 3.32. The fraction of sp³-hybridized carbons (Fsp3) is 0.391. The van der Waals surface area contributed by atoms with E-state index >= 15 is 0 Å². The lowest BCUT2D eigenvalue weighted by Crippen LogP contribution is -2.41. The molecule has 1 unspecified atom stereocenters. The zero-order valence-electron chi connectivity index (χ0n) is 17.2. The minimum absolute atomic E-state index is 0.0341. The van der Waals surface area contributed by atoms with Gasteiger partial charge in [-0.05, 0) is 69.0 Å². The summed E-state index contributed by atoms with van der Waals surface area (Å²) in [5.74, 6) is 0.909. The number of carbonyl (C=O) groups is 2. The summed E-state index contributed by atoms with van der Waals surface area (Å²) in [6, 6.07) is 9.41. The molecular weight excluding hydrogens is 368 g/mol. The molecule has 0 saturated carbocycles. The van der Waals surface area contributed by atoms with Gasteiger partial charge in [0.15, 0.2) is 0 Å². The van der Waals surface area contributed by atoms with Crippen molar-refractivity contribution >= 4 is 23.6 Å². The number of carbonyl (C=O) groups excluding carboxylic acids is 2. The van der Waals surface area contributed by atoms with Crippen LogP contribution in [-0.2, 0) is 14.3 Å². The molecule has 154 valence electrons. The summed E-state index contributed by atoms with van der Waals surface area (Å²) < 4.78 is 11.1. The summed E-state index contributed by atoms with van der Waals surface area (Å²) in [4.78, 5) is 27.0. The second-order valence-electron chi connectivity index (χ2n) is 7.43. The van der Waals surface area contributed by atoms with E-state index in [2.05, 4.69) is 5.32 Å². The van der Waals surface area contributed by atoms with E-state index in [4.69, 9.17) is 9.15 Å². The quantitative estimate of drug-likeness (QED) is 0.722. The van der Waals surface area contributed by atoms with E-state index in [1.807, 2.05) is 45.0 Å². The maximum absolute atomic E-state index is 12.8. The van der Waals surface area contributed by atoms with Gasteiger partial charge < -0.3 is 19.4 Å². The second-order valence-corrected chi connectivity index (χ2v) is 7.43. The van der Waals surface area contributed by atoms with Crippen LogP contribution in [-0.4, -0.2) is 42.5 Å². The van der Waals surface area contributed by atoms with Gasteiger partial charge in [0.1, 0.15) is 18.1 Å². The smallest absolute Gasteiger partial charge is 0.247 e. The number of aryl methyl sites for hydroxylation is 2. The van der Waals surface area contributed by atoms with Crippen molar-refractivity contribution in [3.8, 4) is 0 Å². The van der Waals surface area contributed by atoms with Gasteiger partial charge in [-0.15, -0.1) is 0 Å². The first kappa shape index (κ1) is 20.9. The highest BCUT2D eigenvalue weighted by Crippen LogP contribution is 2.18. The molecule has 1 aromatic carbocycles. The van der Waals surface area contributed by atoms with Gasteiger partial charge in [0.25, 0.3) is 0 Å². The molecule has 2 heterocycles. The molecular formula is C23H28N2O4. The van der Waals surface area contributed by atoms with Gasteiger partial charge in [0.05, 0.1) is 6.10 Å². The Kier molecular flexibility index (Phi) is 6.88. The number of hydrogen-bond donors (Lipinski definition) is 1. The normalized spacial score (nSPS) is 16.3. The van der Waals surface area contributed by atoms with Crippen molar-refractivity contribution in [3.63, 3.8) is 0 Å². The molecule has 1 atom stereocenters. The van der Waals surface area contributed by atoms with Crippen LogP contribution < -0.4 is 5.32 Å². The van der Waals surface area contributed by atoms with Crippen LogP contribution in [0.2, 0.25) is 0 Å². The van der Waals surface area contributed by atoms with Gasteiger partial charge in [-0.1, -0.05) is 12.1 Å². The van der Waals surface area contributed by atoms with Crippen LogP contribution in [0.4, 0.5) is 5.69 Å². The van der Waals surface area contributed by atoms with Crippen molar-refractivity contribution < 1.29 is 18.7 Å². The molecule has 0 radical (unpaired) electrons. The Balaban J connectivity index is 1.68. The van der Waals surface area contributed by atoms with E-state index in [9.17, 15) is 9.59 Å². The van der Waals surface area contributed by atoms with Gasteiger partial charge in [-0.2, -0.15) is 0 Å². The predicted octanol–water partition coefficient (Wildman–Crippen LogP) is 3.86. The van der Waals surface area contributed by atoms with Crippen molar-refractivity contribution in [1.29, 1.82) is 0 Å². The fourth-order valence-electron chi connectivity index (χ4n) is 3.32. The van der Waals surface area contributed by atoms with E-state index in [-0.39, 0.29) is 24.5 Å². The van der Waals surface area contributed by atoms with E-state index in [1.165, 1.54) is 11.0 Å². The third-order valence-corrected chi connectivity index (χ3v) is 5.12. The Labute approximate surface area is 171 Å². The zero-order valence-corrected chi connectivity index (χ0v) is 17.2. The largest absolute Gasteiger partial charge is 0.462 e. The van der Waals surface area contributed by atoms with E-state index in [0.29, 0.717) is 18.9 Å². The maximum atomic E-state index is 12.8. The van der Waals surface area contributed by atoms with E-state index in [1.54, 1.807) is 12.1 Å². The molecule has 6 nitrogen and oxygen atoms in total. The Morgan fingerprint density at radius 3 is 2.72 bits per heavy atom. The third-order valence-electron chi connectivity index (χ3n) is 5.12. The highest BCUT2D eigenvalue weighted by molar-refractivity contribution is 5.98. The minimum Gasteiger partial charge on any atom is -0.462 e. The van der Waals surface area contributed by atoms with E-state index < -0.39 is 0 Å². The highest BCUT2D eigenvalue weighted by atomic mass is 16.5. The van der Waals surface area contributed by atoms with Crippen LogP contribution in [0.1, 0.15) is 35.5 Å². The Morgan fingerprint density at radius 2 is 2.03 bits per heavy atom. The number of hydrogen-bond acceptors (Lipinski definition) is 4. The van der Waals surface area contributed by atoms with E-state index in [0.717, 1.165) is 35.4 Å². The molecule has 0 spiro atoms. The Morgan fingerprint density at radius 1 is 1.21 bits per heavy atom. The number of benzene rings is 1. The summed E-state index contributed by atoms with van der Waals surface area (Å²) in [7, 11) is 0. The van der Waals surface area contributed by atoms with Crippen molar-refractivity contribution in [2.75, 3.05) is 25.0 Å². The summed E-state index contributed by atoms with van der Waals surface area (Å²) in [5.41, 5.74) is 2.89. The summed E-state index contributed by atoms with van der Waals surface area (Å²) in [5, 5.41) is 2.92. The Hall–Kier alpha value is -2.86. The van der Waals surface area contributed by atoms with Gasteiger partial charge in [-0.3, -0.25) is 9.59 Å². The van der Waals surface area contributed by atoms with Crippen molar-refractivity contribution in [2.24, 2.45) is 0 Å². The van der Waals surface area contributed by atoms with Crippen molar-refractivity contribution in [3.05, 3.63) is 59.1 Å². The topological polar surface area (TPSA) is 71.8 Å². The number of amides is 2. The molecule has 6 heteroatoms. The molecule has 2 amide bonds. The molecule has 0 bridgehead atoms. The lowest BCUT2D eigenvalue weighted by Gasteiger charge is -2.24. The van der Waals surface area contributed by atoms with Gasteiger partial charge in [0, 0.05) is 24.9 Å². The number of rotatable bonds is 7. The summed E-state index contributed by atoms with van der Waals surface area (Å²) in [6.07, 6.45) is 4.90. The number of nitrogens with one attached hydrogen (secondary N) is 1. The van der Waals surface area contributed by atoms with Gasteiger partial charge in [0.2, 0.25) is 11.8 Å². The Bertz CT molecular complexity index is 894. The van der Waals surface area contributed by atoms with Crippen molar-refractivity contribution in [1.82, 2.24) is 4.90 Å². The van der Waals surface area contributed by atoms with Crippen molar-refractivity contribution in [2.45, 2.75) is 39.7 Å². The van der Waals surface area contributed by atoms with Crippen LogP contribution in [0.5, 0.6) is 0 Å². The summed E-state index contributed by atoms with van der Waals surface area (Å²) in [6.45, 7) is 6.87. The second kappa shape index (κ2) is 9.56. The predicted molar refractivity (Wildman–Crippen MR) is 113 cm³/mol. The molecule has 1 aromatic heterocycles. The first-order valence-corrected chi connectivity index (χ1v) is 9.93. The molecule has 0 aliphatic carbocycles. The molecule has 1 saturated heterocycles. The molecule has 1 aliphatic heterocycles. The standard InChI is InChI=1S/C23H28N2O4/c1-16-6-4-8-21(18(16)3)24-22(26)15-25(14-20-7-5-13-28-20)23(27)12-11-19-10-9-17(2)29-19/h4,6,8-12,20H,5,7,13-15H2,1-3H3,(H,24,26)/b12-11+. The molecule has 1 fully saturated rings. The number of ether oxygens (including phenoxy) is 1. The van der Waals surface area contributed by atoms with Crippen LogP contribution in [0.15, 0.2) is 40.8 Å². The zero-order chi connectivity index (χ0) is 20.8. The highest BCUT2D eigenvalue weighted by Gasteiger charge is 2.23. The molecule has 2 aromatic rings. The third kappa shape index (κ3) is 5.81. The lowest BCUT2D eigenvalue weighted by atomic mass is 10.1. The first-order chi connectivity index (χ1) is 13.9. The van der Waals surface area contributed by atoms with Crippen LogP contribution in [0.25, 0.3) is 6.08 Å². The molecule has 1 aliphatic rings. The molecule has 3 rings (SSSR count). The lowest BCUT2D eigenvalue weighted by molar-refractivity contribution is -0.131. The molecule has 29 heavy (non-hydrogen) atoms. The van der Waals surface area contributed by atoms with Gasteiger partial charge >= 0.3 is 0 Å². The monoisotopic (exact) mass is 396 g/mol. The maximum Gasteiger partial charge on any atom is 0.247 e. The summed E-state index contributed by atoms with van der Waals surface area (Å²) >= 11 is 0. The van der Waals surface area contributed by atoms with Crippen LogP contribution in [0, 0.1) is 20.8 Å². The number of furan rings is 1. The molecule has 1 N–H and O–H groups in total. The number of nitrogens with zero attached hydrogens (tertiary/aromatic N) is 1. The SMILES string of the molecule is Cc1ccc(/C=C/C(=O)N(CC(=O)Nc2cccc(C)c2C)CC2CCCO2)o1. The first-order valence-electron chi connectivity index (χ1n) is 9.93. The average Bonchev–Trinajstić information content (AvgIpc) is 3.34. The minimum atomic E-state index is -0.245. The average molecular weight is 396 g/mol. The van der Waals surface area contributed by atoms with Crippen LogP contribution in [0.3, 0.4) is 0 Å². The van der Waals surface area contributed by atoms with Gasteiger partial charge in [-0.25, -0.2) is 0 Å².